The fraction of sp³-hybridized carbons (Fsp3) is 0.200. The van der Waals surface area contributed by atoms with Crippen LogP contribution < -0.4 is 4.80 Å². The quantitative estimate of drug-likeness (QED) is 0.720. The number of benzene rings is 1. The lowest BCUT2D eigenvalue weighted by Crippen LogP contribution is -2.19. The zero-order chi connectivity index (χ0) is 16.4. The second kappa shape index (κ2) is 6.69. The highest BCUT2D eigenvalue weighted by atomic mass is 32.1. The molecule has 0 aliphatic carbocycles. The SMILES string of the molecule is COCCn1c(=NC(=O)c2cccs2)sc2cc(F)cc(F)c21. The van der Waals surface area contributed by atoms with Crippen molar-refractivity contribution >= 4 is 38.8 Å². The molecule has 2 aromatic heterocycles. The highest BCUT2D eigenvalue weighted by Gasteiger charge is 2.14. The van der Waals surface area contributed by atoms with E-state index in [9.17, 15) is 13.6 Å². The van der Waals surface area contributed by atoms with Gasteiger partial charge in [-0.2, -0.15) is 4.99 Å². The third-order valence-corrected chi connectivity index (χ3v) is 5.03. The Labute approximate surface area is 138 Å². The van der Waals surface area contributed by atoms with Crippen molar-refractivity contribution in [3.8, 4) is 0 Å². The lowest BCUT2D eigenvalue weighted by atomic mass is 10.3. The Bertz CT molecular complexity index is 914. The van der Waals surface area contributed by atoms with Gasteiger partial charge in [-0.25, -0.2) is 8.78 Å². The number of halogens is 2. The summed E-state index contributed by atoms with van der Waals surface area (Å²) in [6.07, 6.45) is 0. The predicted octanol–water partition coefficient (Wildman–Crippen LogP) is 3.43. The van der Waals surface area contributed by atoms with Crippen LogP contribution in [0.4, 0.5) is 8.78 Å². The average molecular weight is 354 g/mol. The van der Waals surface area contributed by atoms with Crippen LogP contribution in [0.5, 0.6) is 0 Å². The Morgan fingerprint density at radius 1 is 1.39 bits per heavy atom. The van der Waals surface area contributed by atoms with Crippen LogP contribution in [0.1, 0.15) is 9.67 Å². The number of nitrogens with zero attached hydrogens (tertiary/aromatic N) is 2. The highest BCUT2D eigenvalue weighted by Crippen LogP contribution is 2.22. The van der Waals surface area contributed by atoms with Crippen LogP contribution in [0.25, 0.3) is 10.2 Å². The number of amides is 1. The normalized spacial score (nSPS) is 12.2. The molecule has 8 heteroatoms. The van der Waals surface area contributed by atoms with Crippen molar-refractivity contribution in [1.29, 1.82) is 0 Å². The summed E-state index contributed by atoms with van der Waals surface area (Å²) >= 11 is 2.35. The van der Waals surface area contributed by atoms with Gasteiger partial charge in [0, 0.05) is 19.7 Å². The molecule has 120 valence electrons. The standard InChI is InChI=1S/C15H12F2N2O2S2/c1-21-5-4-19-13-10(17)7-9(16)8-12(13)23-15(19)18-14(20)11-3-2-6-22-11/h2-3,6-8H,4-5H2,1H3. The first-order chi connectivity index (χ1) is 11.1. The molecule has 0 spiro atoms. The van der Waals surface area contributed by atoms with Crippen LogP contribution in [-0.2, 0) is 11.3 Å². The number of hydrogen-bond acceptors (Lipinski definition) is 4. The number of hydrogen-bond donors (Lipinski definition) is 0. The van der Waals surface area contributed by atoms with E-state index in [-0.39, 0.29) is 5.52 Å². The van der Waals surface area contributed by atoms with Crippen molar-refractivity contribution in [3.05, 3.63) is 51.0 Å². The number of carbonyl (C=O) groups is 1. The summed E-state index contributed by atoms with van der Waals surface area (Å²) in [5.74, 6) is -1.75. The van der Waals surface area contributed by atoms with Crippen LogP contribution in [0, 0.1) is 11.6 Å². The predicted molar refractivity (Wildman–Crippen MR) is 85.8 cm³/mol. The molecule has 1 aromatic carbocycles. The van der Waals surface area contributed by atoms with Crippen LogP contribution in [0.2, 0.25) is 0 Å². The van der Waals surface area contributed by atoms with Crippen molar-refractivity contribution in [2.45, 2.75) is 6.54 Å². The van der Waals surface area contributed by atoms with Crippen LogP contribution in [-0.4, -0.2) is 24.2 Å². The van der Waals surface area contributed by atoms with Crippen LogP contribution in [0.15, 0.2) is 34.6 Å². The summed E-state index contributed by atoms with van der Waals surface area (Å²) in [5, 5.41) is 1.78. The van der Waals surface area contributed by atoms with E-state index in [1.165, 1.54) is 24.5 Å². The molecule has 0 bridgehead atoms. The molecule has 3 aromatic rings. The number of thiophene rings is 1. The fourth-order valence-corrected chi connectivity index (χ4v) is 3.85. The van der Waals surface area contributed by atoms with E-state index in [0.29, 0.717) is 27.5 Å². The van der Waals surface area contributed by atoms with Gasteiger partial charge in [-0.3, -0.25) is 4.79 Å². The molecule has 0 radical (unpaired) electrons. The second-order valence-corrected chi connectivity index (χ2v) is 6.61. The van der Waals surface area contributed by atoms with Crippen molar-refractivity contribution in [3.63, 3.8) is 0 Å². The minimum Gasteiger partial charge on any atom is -0.383 e. The zero-order valence-corrected chi connectivity index (χ0v) is 13.7. The van der Waals surface area contributed by atoms with E-state index in [1.807, 2.05) is 0 Å². The van der Waals surface area contributed by atoms with Gasteiger partial charge >= 0.3 is 0 Å². The molecule has 0 saturated carbocycles. The Kier molecular flexibility index (Phi) is 4.65. The van der Waals surface area contributed by atoms with E-state index in [4.69, 9.17) is 4.74 Å². The van der Waals surface area contributed by atoms with E-state index < -0.39 is 17.5 Å². The molecule has 0 N–H and O–H groups in total. The Hall–Kier alpha value is -1.90. The van der Waals surface area contributed by atoms with Crippen molar-refractivity contribution in [1.82, 2.24) is 4.57 Å². The van der Waals surface area contributed by atoms with E-state index in [2.05, 4.69) is 4.99 Å². The Morgan fingerprint density at radius 2 is 2.22 bits per heavy atom. The molecular formula is C15H12F2N2O2S2. The first-order valence-electron chi connectivity index (χ1n) is 6.70. The first-order valence-corrected chi connectivity index (χ1v) is 8.39. The number of fused-ring (bicyclic) bond motifs is 1. The topological polar surface area (TPSA) is 43.6 Å². The number of thiazole rings is 1. The monoisotopic (exact) mass is 354 g/mol. The molecule has 0 saturated heterocycles. The van der Waals surface area contributed by atoms with Gasteiger partial charge in [0.05, 0.1) is 21.7 Å². The van der Waals surface area contributed by atoms with Gasteiger partial charge < -0.3 is 9.30 Å². The van der Waals surface area contributed by atoms with Crippen LogP contribution >= 0.6 is 22.7 Å². The smallest absolute Gasteiger partial charge is 0.289 e. The number of aromatic nitrogens is 1. The van der Waals surface area contributed by atoms with Gasteiger partial charge in [-0.15, -0.1) is 11.3 Å². The van der Waals surface area contributed by atoms with Crippen molar-refractivity contribution < 1.29 is 18.3 Å². The molecule has 3 rings (SSSR count). The summed E-state index contributed by atoms with van der Waals surface area (Å²) in [6.45, 7) is 0.638. The third-order valence-electron chi connectivity index (χ3n) is 3.14. The fourth-order valence-electron chi connectivity index (χ4n) is 2.15. The molecule has 23 heavy (non-hydrogen) atoms. The van der Waals surface area contributed by atoms with Gasteiger partial charge in [0.25, 0.3) is 5.91 Å². The van der Waals surface area contributed by atoms with E-state index >= 15 is 0 Å². The van der Waals surface area contributed by atoms with Crippen LogP contribution in [0.3, 0.4) is 0 Å². The van der Waals surface area contributed by atoms with Gasteiger partial charge in [0.2, 0.25) is 0 Å². The second-order valence-electron chi connectivity index (χ2n) is 4.66. The minimum atomic E-state index is -0.683. The number of methoxy groups -OCH3 is 1. The maximum atomic E-state index is 14.1. The van der Waals surface area contributed by atoms with Crippen molar-refractivity contribution in [2.24, 2.45) is 4.99 Å². The Balaban J connectivity index is 2.18. The lowest BCUT2D eigenvalue weighted by Gasteiger charge is -2.05. The van der Waals surface area contributed by atoms with Gasteiger partial charge in [0.1, 0.15) is 5.82 Å². The number of ether oxygens (including phenoxy) is 1. The van der Waals surface area contributed by atoms with Gasteiger partial charge in [-0.1, -0.05) is 17.4 Å². The maximum absolute atomic E-state index is 14.1. The number of rotatable bonds is 4. The third kappa shape index (κ3) is 3.24. The maximum Gasteiger partial charge on any atom is 0.289 e. The molecule has 0 aliphatic rings. The molecule has 0 fully saturated rings. The van der Waals surface area contributed by atoms with Gasteiger partial charge in [-0.05, 0) is 17.5 Å². The highest BCUT2D eigenvalue weighted by molar-refractivity contribution is 7.16. The van der Waals surface area contributed by atoms with Gasteiger partial charge in [0.15, 0.2) is 10.6 Å². The summed E-state index contributed by atoms with van der Waals surface area (Å²) in [4.78, 5) is 17.1. The molecule has 1 amide bonds. The molecule has 2 heterocycles. The Morgan fingerprint density at radius 3 is 2.91 bits per heavy atom. The van der Waals surface area contributed by atoms with E-state index in [1.54, 1.807) is 22.1 Å². The number of carbonyl (C=O) groups excluding carboxylic acids is 1. The molecule has 0 atom stereocenters. The lowest BCUT2D eigenvalue weighted by molar-refractivity contribution is 0.100. The van der Waals surface area contributed by atoms with Crippen molar-refractivity contribution in [2.75, 3.05) is 13.7 Å². The van der Waals surface area contributed by atoms with E-state index in [0.717, 1.165) is 17.4 Å². The zero-order valence-electron chi connectivity index (χ0n) is 12.1. The minimum absolute atomic E-state index is 0.228. The first kappa shape index (κ1) is 16.0. The molecule has 4 nitrogen and oxygen atoms in total. The molecule has 0 aliphatic heterocycles. The largest absolute Gasteiger partial charge is 0.383 e. The summed E-state index contributed by atoms with van der Waals surface area (Å²) in [5.41, 5.74) is 0.228. The summed E-state index contributed by atoms with van der Waals surface area (Å²) in [7, 11) is 1.53. The summed E-state index contributed by atoms with van der Waals surface area (Å²) < 4.78 is 34.5. The molecular weight excluding hydrogens is 342 g/mol. The molecule has 0 unspecified atom stereocenters. The average Bonchev–Trinajstić information content (AvgIpc) is 3.12. The summed E-state index contributed by atoms with van der Waals surface area (Å²) in [6, 6.07) is 5.49.